The molecule has 2 fully saturated rings. The number of rotatable bonds is 6. The predicted molar refractivity (Wildman–Crippen MR) is 71.2 cm³/mol. The largest absolute Gasteiger partial charge is 0.396 e. The van der Waals surface area contributed by atoms with Gasteiger partial charge < -0.3 is 15.3 Å². The number of likely N-dealkylation sites (N-methyl/N-ethyl adjacent to an activating group) is 1. The maximum atomic E-state index is 12.1. The number of carbonyl (C=O) groups is 1. The van der Waals surface area contributed by atoms with E-state index < -0.39 is 0 Å². The maximum Gasteiger partial charge on any atom is 0.236 e. The van der Waals surface area contributed by atoms with Crippen LogP contribution in [0.3, 0.4) is 0 Å². The summed E-state index contributed by atoms with van der Waals surface area (Å²) >= 11 is 0. The number of amides is 1. The Morgan fingerprint density at radius 2 is 2.00 bits per heavy atom. The number of aliphatic hydroxyl groups excluding tert-OH is 1. The van der Waals surface area contributed by atoms with Gasteiger partial charge in [-0.2, -0.15) is 0 Å². The van der Waals surface area contributed by atoms with Gasteiger partial charge in [-0.25, -0.2) is 0 Å². The number of aliphatic hydroxyl groups is 1. The molecule has 104 valence electrons. The van der Waals surface area contributed by atoms with Crippen molar-refractivity contribution in [2.24, 2.45) is 5.92 Å². The summed E-state index contributed by atoms with van der Waals surface area (Å²) in [5.41, 5.74) is 0. The third-order valence-corrected chi connectivity index (χ3v) is 4.31. The molecule has 0 spiro atoms. The Bertz CT molecular complexity index is 279. The Morgan fingerprint density at radius 3 is 2.61 bits per heavy atom. The Morgan fingerprint density at radius 1 is 1.28 bits per heavy atom. The van der Waals surface area contributed by atoms with Gasteiger partial charge in [-0.15, -0.1) is 0 Å². The first-order valence-electron chi connectivity index (χ1n) is 7.40. The van der Waals surface area contributed by atoms with Crippen molar-refractivity contribution in [3.8, 4) is 0 Å². The molecule has 2 aliphatic carbocycles. The van der Waals surface area contributed by atoms with Crippen molar-refractivity contribution >= 4 is 5.91 Å². The molecule has 2 atom stereocenters. The Hall–Kier alpha value is -0.610. The topological polar surface area (TPSA) is 52.6 Å². The third-order valence-electron chi connectivity index (χ3n) is 4.31. The smallest absolute Gasteiger partial charge is 0.236 e. The first-order valence-corrected chi connectivity index (χ1v) is 7.40. The predicted octanol–water partition coefficient (Wildman–Crippen LogP) is 1.14. The summed E-state index contributed by atoms with van der Waals surface area (Å²) in [6.07, 6.45) is 6.93. The van der Waals surface area contributed by atoms with Crippen LogP contribution < -0.4 is 5.32 Å². The summed E-state index contributed by atoms with van der Waals surface area (Å²) in [5, 5.41) is 12.7. The van der Waals surface area contributed by atoms with Gasteiger partial charge in [-0.1, -0.05) is 12.8 Å². The second kappa shape index (κ2) is 6.53. The molecule has 0 aromatic carbocycles. The van der Waals surface area contributed by atoms with Gasteiger partial charge in [0, 0.05) is 25.2 Å². The zero-order chi connectivity index (χ0) is 13.0. The van der Waals surface area contributed by atoms with E-state index in [2.05, 4.69) is 5.32 Å². The second-order valence-corrected chi connectivity index (χ2v) is 5.63. The van der Waals surface area contributed by atoms with Gasteiger partial charge in [0.05, 0.1) is 6.54 Å². The van der Waals surface area contributed by atoms with Gasteiger partial charge in [0.2, 0.25) is 5.91 Å². The van der Waals surface area contributed by atoms with Gasteiger partial charge in [-0.3, -0.25) is 4.79 Å². The lowest BCUT2D eigenvalue weighted by Crippen LogP contribution is -2.46. The minimum Gasteiger partial charge on any atom is -0.396 e. The van der Waals surface area contributed by atoms with Crippen LogP contribution in [0.4, 0.5) is 0 Å². The number of hydrogen-bond acceptors (Lipinski definition) is 3. The fourth-order valence-corrected chi connectivity index (χ4v) is 3.04. The van der Waals surface area contributed by atoms with Gasteiger partial charge in [0.15, 0.2) is 0 Å². The molecule has 4 heteroatoms. The molecular weight excluding hydrogens is 228 g/mol. The van der Waals surface area contributed by atoms with E-state index in [9.17, 15) is 9.90 Å². The minimum atomic E-state index is 0.224. The SMILES string of the molecule is CCN(C(=O)CNC1CCCCC1CO)C1CC1. The van der Waals surface area contributed by atoms with E-state index in [0.29, 0.717) is 24.5 Å². The molecule has 4 nitrogen and oxygen atoms in total. The van der Waals surface area contributed by atoms with Crippen molar-refractivity contribution in [2.45, 2.75) is 57.5 Å². The van der Waals surface area contributed by atoms with Crippen molar-refractivity contribution in [1.29, 1.82) is 0 Å². The normalized spacial score (nSPS) is 28.1. The molecule has 0 aliphatic heterocycles. The third kappa shape index (κ3) is 3.45. The van der Waals surface area contributed by atoms with Crippen LogP contribution >= 0.6 is 0 Å². The lowest BCUT2D eigenvalue weighted by molar-refractivity contribution is -0.130. The second-order valence-electron chi connectivity index (χ2n) is 5.63. The Balaban J connectivity index is 1.76. The molecule has 2 saturated carbocycles. The molecule has 18 heavy (non-hydrogen) atoms. The van der Waals surface area contributed by atoms with Crippen molar-refractivity contribution in [3.63, 3.8) is 0 Å². The maximum absolute atomic E-state index is 12.1. The van der Waals surface area contributed by atoms with Gasteiger partial charge >= 0.3 is 0 Å². The highest BCUT2D eigenvalue weighted by Crippen LogP contribution is 2.27. The molecule has 1 amide bonds. The van der Waals surface area contributed by atoms with Crippen LogP contribution in [-0.2, 0) is 4.79 Å². The fraction of sp³-hybridized carbons (Fsp3) is 0.929. The molecule has 2 aliphatic rings. The molecule has 0 bridgehead atoms. The average Bonchev–Trinajstić information content (AvgIpc) is 3.22. The van der Waals surface area contributed by atoms with Crippen molar-refractivity contribution < 1.29 is 9.90 Å². The van der Waals surface area contributed by atoms with Crippen LogP contribution in [0.2, 0.25) is 0 Å². The van der Waals surface area contributed by atoms with Gasteiger partial charge in [-0.05, 0) is 38.5 Å². The first kappa shape index (κ1) is 13.8. The summed E-state index contributed by atoms with van der Waals surface area (Å²) in [6.45, 7) is 3.55. The fourth-order valence-electron chi connectivity index (χ4n) is 3.04. The zero-order valence-electron chi connectivity index (χ0n) is 11.4. The molecular formula is C14H26N2O2. The lowest BCUT2D eigenvalue weighted by Gasteiger charge is -2.31. The quantitative estimate of drug-likeness (QED) is 0.747. The summed E-state index contributed by atoms with van der Waals surface area (Å²) < 4.78 is 0. The van der Waals surface area contributed by atoms with Crippen LogP contribution in [0.15, 0.2) is 0 Å². The van der Waals surface area contributed by atoms with E-state index in [4.69, 9.17) is 0 Å². The van der Waals surface area contributed by atoms with Crippen molar-refractivity contribution in [2.75, 3.05) is 19.7 Å². The highest BCUT2D eigenvalue weighted by molar-refractivity contribution is 5.78. The molecule has 2 N–H and O–H groups in total. The number of nitrogens with zero attached hydrogens (tertiary/aromatic N) is 1. The van der Waals surface area contributed by atoms with Crippen molar-refractivity contribution in [3.05, 3.63) is 0 Å². The lowest BCUT2D eigenvalue weighted by atomic mass is 9.85. The van der Waals surface area contributed by atoms with E-state index in [-0.39, 0.29) is 12.5 Å². The van der Waals surface area contributed by atoms with Crippen LogP contribution in [0.25, 0.3) is 0 Å². The minimum absolute atomic E-state index is 0.224. The van der Waals surface area contributed by atoms with Crippen LogP contribution in [0.5, 0.6) is 0 Å². The Labute approximate surface area is 110 Å². The molecule has 0 heterocycles. The Kier molecular flexibility index (Phi) is 5.01. The standard InChI is InChI=1S/C14H26N2O2/c1-2-16(12-7-8-12)14(18)9-15-13-6-4-3-5-11(13)10-17/h11-13,15,17H,2-10H2,1H3. The highest BCUT2D eigenvalue weighted by atomic mass is 16.3. The summed E-state index contributed by atoms with van der Waals surface area (Å²) in [5.74, 6) is 0.560. The van der Waals surface area contributed by atoms with E-state index in [1.165, 1.54) is 25.7 Å². The van der Waals surface area contributed by atoms with Gasteiger partial charge in [0.1, 0.15) is 0 Å². The molecule has 2 unspecified atom stereocenters. The van der Waals surface area contributed by atoms with E-state index >= 15 is 0 Å². The van der Waals surface area contributed by atoms with Crippen molar-refractivity contribution in [1.82, 2.24) is 10.2 Å². The van der Waals surface area contributed by atoms with Crippen LogP contribution in [0.1, 0.15) is 45.4 Å². The van der Waals surface area contributed by atoms with E-state index in [1.54, 1.807) is 0 Å². The summed E-state index contributed by atoms with van der Waals surface area (Å²) in [4.78, 5) is 14.1. The number of carbonyl (C=O) groups excluding carboxylic acids is 1. The zero-order valence-corrected chi connectivity index (χ0v) is 11.4. The number of hydrogen-bond donors (Lipinski definition) is 2. The molecule has 0 aromatic heterocycles. The van der Waals surface area contributed by atoms with E-state index in [0.717, 1.165) is 19.4 Å². The van der Waals surface area contributed by atoms with Crippen LogP contribution in [-0.4, -0.2) is 47.7 Å². The average molecular weight is 254 g/mol. The summed E-state index contributed by atoms with van der Waals surface area (Å²) in [7, 11) is 0. The highest BCUT2D eigenvalue weighted by Gasteiger charge is 2.32. The monoisotopic (exact) mass is 254 g/mol. The molecule has 0 saturated heterocycles. The molecule has 2 rings (SSSR count). The van der Waals surface area contributed by atoms with E-state index in [1.807, 2.05) is 11.8 Å². The van der Waals surface area contributed by atoms with Crippen LogP contribution in [0, 0.1) is 5.92 Å². The van der Waals surface area contributed by atoms with Gasteiger partial charge in [0.25, 0.3) is 0 Å². The molecule has 0 radical (unpaired) electrons. The molecule has 0 aromatic rings. The number of nitrogens with one attached hydrogen (secondary N) is 1. The first-order chi connectivity index (χ1) is 8.76. The summed E-state index contributed by atoms with van der Waals surface area (Å²) in [6, 6.07) is 0.829.